The predicted octanol–water partition coefficient (Wildman–Crippen LogP) is 4.87. The molecule has 0 saturated carbocycles. The van der Waals surface area contributed by atoms with Crippen LogP contribution >= 0.6 is 11.8 Å². The van der Waals surface area contributed by atoms with Crippen molar-refractivity contribution in [3.63, 3.8) is 0 Å². The summed E-state index contributed by atoms with van der Waals surface area (Å²) < 4.78 is 17.4. The molecule has 7 nitrogen and oxygen atoms in total. The number of fused-ring (bicyclic) bond motifs is 1. The van der Waals surface area contributed by atoms with Gasteiger partial charge in [-0.15, -0.1) is 0 Å². The summed E-state index contributed by atoms with van der Waals surface area (Å²) in [6, 6.07) is 14.7. The van der Waals surface area contributed by atoms with Gasteiger partial charge in [0, 0.05) is 34.5 Å². The zero-order chi connectivity index (χ0) is 21.4. The van der Waals surface area contributed by atoms with E-state index in [0.717, 1.165) is 22.0 Å². The molecule has 156 valence electrons. The Morgan fingerprint density at radius 1 is 1.16 bits per heavy atom. The second-order valence-corrected chi connectivity index (χ2v) is 8.17. The summed E-state index contributed by atoms with van der Waals surface area (Å²) in [5.41, 5.74) is 1.63. The van der Waals surface area contributed by atoms with Gasteiger partial charge in [-0.2, -0.15) is 0 Å². The highest BCUT2D eigenvalue weighted by Gasteiger charge is 2.32. The van der Waals surface area contributed by atoms with E-state index >= 15 is 0 Å². The van der Waals surface area contributed by atoms with Crippen molar-refractivity contribution in [2.75, 3.05) is 0 Å². The number of nitrogens with one attached hydrogen (secondary N) is 1. The normalized spacial score (nSPS) is 16.1. The lowest BCUT2D eigenvalue weighted by Crippen LogP contribution is -2.30. The van der Waals surface area contributed by atoms with Gasteiger partial charge >= 0.3 is 0 Å². The van der Waals surface area contributed by atoms with Crippen LogP contribution in [0.4, 0.5) is 4.79 Å². The predicted molar refractivity (Wildman–Crippen MR) is 116 cm³/mol. The third-order valence-corrected chi connectivity index (χ3v) is 5.89. The Bertz CT molecular complexity index is 1280. The third kappa shape index (κ3) is 3.94. The van der Waals surface area contributed by atoms with E-state index in [1.54, 1.807) is 6.26 Å². The summed E-state index contributed by atoms with van der Waals surface area (Å²) in [5.74, 6) is 2.54. The van der Waals surface area contributed by atoms with Gasteiger partial charge in [-0.1, -0.05) is 18.2 Å². The molecule has 8 heteroatoms. The fraction of sp³-hybridized carbons (Fsp3) is 0.174. The van der Waals surface area contributed by atoms with Gasteiger partial charge < -0.3 is 18.9 Å². The number of furan rings is 1. The van der Waals surface area contributed by atoms with Crippen LogP contribution in [0.25, 0.3) is 22.2 Å². The van der Waals surface area contributed by atoms with Gasteiger partial charge in [0.2, 0.25) is 11.0 Å². The van der Waals surface area contributed by atoms with E-state index in [4.69, 9.17) is 13.6 Å². The van der Waals surface area contributed by atoms with Gasteiger partial charge in [0.15, 0.2) is 0 Å². The average Bonchev–Trinajstić information content (AvgIpc) is 3.44. The zero-order valence-corrected chi connectivity index (χ0v) is 17.4. The highest BCUT2D eigenvalue weighted by molar-refractivity contribution is 8.26. The number of thioether (sulfide) groups is 1. The average molecular weight is 434 g/mol. The second kappa shape index (κ2) is 7.96. The fourth-order valence-electron chi connectivity index (χ4n) is 3.46. The van der Waals surface area contributed by atoms with E-state index < -0.39 is 6.04 Å². The van der Waals surface area contributed by atoms with E-state index in [9.17, 15) is 9.59 Å². The number of rotatable bonds is 6. The molecule has 2 aromatic heterocycles. The second-order valence-electron chi connectivity index (χ2n) is 7.19. The number of hydrogen-bond acceptors (Lipinski definition) is 7. The number of aryl methyl sites for hydroxylation is 1. The van der Waals surface area contributed by atoms with E-state index in [-0.39, 0.29) is 17.0 Å². The molecule has 0 radical (unpaired) electrons. The van der Waals surface area contributed by atoms with Crippen molar-refractivity contribution in [3.8, 4) is 17.2 Å². The minimum Gasteiger partial charge on any atom is -0.487 e. The van der Waals surface area contributed by atoms with Crippen molar-refractivity contribution in [2.24, 2.45) is 0 Å². The number of hydrogen-bond donors (Lipinski definition) is 1. The Hall–Kier alpha value is -3.52. The van der Waals surface area contributed by atoms with Gasteiger partial charge in [0.1, 0.15) is 35.6 Å². The summed E-state index contributed by atoms with van der Waals surface area (Å²) in [6.45, 7) is 2.12. The minimum absolute atomic E-state index is 0.197. The van der Waals surface area contributed by atoms with Crippen LogP contribution < -0.4 is 10.1 Å². The highest BCUT2D eigenvalue weighted by Crippen LogP contribution is 2.29. The molecule has 31 heavy (non-hydrogen) atoms. The van der Waals surface area contributed by atoms with Gasteiger partial charge in [0.25, 0.3) is 5.24 Å². The van der Waals surface area contributed by atoms with Crippen LogP contribution in [0.15, 0.2) is 63.6 Å². The van der Waals surface area contributed by atoms with E-state index in [2.05, 4.69) is 10.3 Å². The molecule has 1 N–H and O–H groups in total. The highest BCUT2D eigenvalue weighted by atomic mass is 32.2. The molecule has 1 amide bonds. The smallest absolute Gasteiger partial charge is 0.287 e. The number of aromatic nitrogens is 1. The SMILES string of the molecule is Cc1oc(-c2ccccc2)nc1COc1ccc2coc(CC3NC(=O)SC3=O)c2c1. The van der Waals surface area contributed by atoms with Crippen LogP contribution in [-0.2, 0) is 17.8 Å². The maximum absolute atomic E-state index is 11.9. The lowest BCUT2D eigenvalue weighted by Gasteiger charge is -2.07. The first kappa shape index (κ1) is 19.4. The molecule has 4 aromatic rings. The van der Waals surface area contributed by atoms with Crippen LogP contribution in [0.1, 0.15) is 17.2 Å². The molecule has 0 bridgehead atoms. The van der Waals surface area contributed by atoms with E-state index in [1.165, 1.54) is 0 Å². The molecule has 0 spiro atoms. The van der Waals surface area contributed by atoms with Crippen molar-refractivity contribution in [1.82, 2.24) is 10.3 Å². The topological polar surface area (TPSA) is 94.6 Å². The first-order valence-electron chi connectivity index (χ1n) is 9.73. The van der Waals surface area contributed by atoms with E-state index in [1.807, 2.05) is 55.5 Å². The third-order valence-electron chi connectivity index (χ3n) is 5.10. The Kier molecular flexibility index (Phi) is 4.99. The largest absolute Gasteiger partial charge is 0.487 e. The molecule has 1 saturated heterocycles. The number of amides is 1. The van der Waals surface area contributed by atoms with Crippen molar-refractivity contribution in [1.29, 1.82) is 0 Å². The Morgan fingerprint density at radius 2 is 2.00 bits per heavy atom. The number of carbonyl (C=O) groups excluding carboxylic acids is 2. The molecule has 3 heterocycles. The van der Waals surface area contributed by atoms with Crippen LogP contribution in [0.2, 0.25) is 0 Å². The molecule has 0 aliphatic carbocycles. The minimum atomic E-state index is -0.578. The molecular weight excluding hydrogens is 416 g/mol. The number of benzene rings is 2. The van der Waals surface area contributed by atoms with E-state index in [0.29, 0.717) is 41.3 Å². The molecule has 1 atom stereocenters. The number of carbonyl (C=O) groups is 2. The van der Waals surface area contributed by atoms with Crippen molar-refractivity contribution < 1.29 is 23.2 Å². The molecule has 1 unspecified atom stereocenters. The molecule has 2 aromatic carbocycles. The maximum Gasteiger partial charge on any atom is 0.287 e. The lowest BCUT2D eigenvalue weighted by atomic mass is 10.1. The van der Waals surface area contributed by atoms with Gasteiger partial charge in [-0.3, -0.25) is 9.59 Å². The standard InChI is InChI=1S/C23H18N2O5S/c1-13-19(24-21(30-13)14-5-3-2-4-6-14)12-28-16-8-7-15-11-29-20(17(15)9-16)10-18-22(26)31-23(27)25-18/h2-9,11,18H,10,12H2,1H3,(H,25,27). The summed E-state index contributed by atoms with van der Waals surface area (Å²) in [6.07, 6.45) is 1.93. The molecule has 1 fully saturated rings. The maximum atomic E-state index is 11.9. The van der Waals surface area contributed by atoms with Gasteiger partial charge in [-0.25, -0.2) is 4.98 Å². The Morgan fingerprint density at radius 3 is 2.77 bits per heavy atom. The van der Waals surface area contributed by atoms with Crippen molar-refractivity contribution >= 4 is 32.9 Å². The zero-order valence-electron chi connectivity index (χ0n) is 16.6. The van der Waals surface area contributed by atoms with Crippen LogP contribution in [0, 0.1) is 6.92 Å². The van der Waals surface area contributed by atoms with Gasteiger partial charge in [0.05, 0.1) is 6.26 Å². The van der Waals surface area contributed by atoms with Crippen LogP contribution in [0.3, 0.4) is 0 Å². The Labute approximate surface area is 181 Å². The lowest BCUT2D eigenvalue weighted by molar-refractivity contribution is -0.112. The van der Waals surface area contributed by atoms with Crippen LogP contribution in [0.5, 0.6) is 5.75 Å². The van der Waals surface area contributed by atoms with Gasteiger partial charge in [-0.05, 0) is 37.3 Å². The number of oxazole rings is 1. The van der Waals surface area contributed by atoms with Crippen LogP contribution in [-0.4, -0.2) is 21.4 Å². The first-order valence-corrected chi connectivity index (χ1v) is 10.6. The summed E-state index contributed by atoms with van der Waals surface area (Å²) in [7, 11) is 0. The fourth-order valence-corrected chi connectivity index (χ4v) is 4.12. The van der Waals surface area contributed by atoms with Crippen molar-refractivity contribution in [3.05, 3.63) is 72.0 Å². The molecule has 1 aliphatic rings. The quantitative estimate of drug-likeness (QED) is 0.463. The Balaban J connectivity index is 1.33. The first-order chi connectivity index (χ1) is 15.1. The summed E-state index contributed by atoms with van der Waals surface area (Å²) in [5, 5.41) is 3.88. The molecule has 1 aliphatic heterocycles. The molecular formula is C23H18N2O5S. The van der Waals surface area contributed by atoms with Crippen molar-refractivity contribution in [2.45, 2.75) is 26.0 Å². The number of ether oxygens (including phenoxy) is 1. The number of nitrogens with zero attached hydrogens (tertiary/aromatic N) is 1. The summed E-state index contributed by atoms with van der Waals surface area (Å²) in [4.78, 5) is 27.9. The monoisotopic (exact) mass is 434 g/mol. The molecule has 5 rings (SSSR count). The summed E-state index contributed by atoms with van der Waals surface area (Å²) >= 11 is 0.695.